The van der Waals surface area contributed by atoms with Crippen LogP contribution in [-0.4, -0.2) is 9.78 Å². The van der Waals surface area contributed by atoms with E-state index in [2.05, 4.69) is 10.4 Å². The molecule has 2 aromatic carbocycles. The molecule has 22 heavy (non-hydrogen) atoms. The van der Waals surface area contributed by atoms with Crippen molar-refractivity contribution in [2.24, 2.45) is 0 Å². The van der Waals surface area contributed by atoms with Crippen molar-refractivity contribution in [1.29, 1.82) is 0 Å². The molecular weight excluding hydrogens is 324 g/mol. The Morgan fingerprint density at radius 1 is 1.14 bits per heavy atom. The summed E-state index contributed by atoms with van der Waals surface area (Å²) in [5, 5.41) is 7.69. The molecule has 1 N–H and O–H groups in total. The summed E-state index contributed by atoms with van der Waals surface area (Å²) < 4.78 is 28.6. The molecule has 3 nitrogen and oxygen atoms in total. The van der Waals surface area contributed by atoms with Crippen LogP contribution in [0.25, 0.3) is 5.69 Å². The molecule has 112 valence electrons. The lowest BCUT2D eigenvalue weighted by Gasteiger charge is -2.03. The number of halogens is 2. The Morgan fingerprint density at radius 2 is 1.86 bits per heavy atom. The summed E-state index contributed by atoms with van der Waals surface area (Å²) >= 11 is 6.53. The minimum absolute atomic E-state index is 0.289. The van der Waals surface area contributed by atoms with E-state index in [1.807, 2.05) is 31.2 Å². The highest BCUT2D eigenvalue weighted by Crippen LogP contribution is 2.24. The summed E-state index contributed by atoms with van der Waals surface area (Å²) in [7, 11) is 0. The lowest BCUT2D eigenvalue weighted by Crippen LogP contribution is -1.98. The molecule has 0 saturated carbocycles. The summed E-state index contributed by atoms with van der Waals surface area (Å²) in [6, 6.07) is 11.0. The van der Waals surface area contributed by atoms with Gasteiger partial charge >= 0.3 is 0 Å². The minimum atomic E-state index is -0.649. The van der Waals surface area contributed by atoms with Crippen molar-refractivity contribution in [1.82, 2.24) is 9.78 Å². The van der Waals surface area contributed by atoms with Gasteiger partial charge in [0.2, 0.25) is 5.13 Å². The number of rotatable bonds is 3. The van der Waals surface area contributed by atoms with Crippen LogP contribution in [0.1, 0.15) is 5.56 Å². The lowest BCUT2D eigenvalue weighted by molar-refractivity contribution is 0.584. The largest absolute Gasteiger partial charge is 0.330 e. The molecule has 0 fully saturated rings. The summed E-state index contributed by atoms with van der Waals surface area (Å²) in [5.74, 6) is -1.30. The van der Waals surface area contributed by atoms with Gasteiger partial charge in [-0.05, 0) is 49.0 Å². The van der Waals surface area contributed by atoms with E-state index in [9.17, 15) is 8.78 Å². The van der Waals surface area contributed by atoms with Crippen LogP contribution in [0.3, 0.4) is 0 Å². The second kappa shape index (κ2) is 5.94. The molecule has 0 radical (unpaired) electrons. The van der Waals surface area contributed by atoms with Crippen molar-refractivity contribution in [3.63, 3.8) is 0 Å². The van der Waals surface area contributed by atoms with Gasteiger partial charge in [0.05, 0.1) is 5.69 Å². The van der Waals surface area contributed by atoms with E-state index in [0.29, 0.717) is 9.09 Å². The number of aryl methyl sites for hydroxylation is 1. The molecule has 0 unspecified atom stereocenters. The van der Waals surface area contributed by atoms with Crippen molar-refractivity contribution in [2.45, 2.75) is 6.92 Å². The number of benzene rings is 2. The predicted octanol–water partition coefficient (Wildman–Crippen LogP) is 4.99. The van der Waals surface area contributed by atoms with E-state index >= 15 is 0 Å². The van der Waals surface area contributed by atoms with E-state index in [1.165, 1.54) is 23.5 Å². The molecule has 0 amide bonds. The molecule has 0 spiro atoms. The van der Waals surface area contributed by atoms with E-state index in [1.54, 1.807) is 4.68 Å². The fraction of sp³-hybridized carbons (Fsp3) is 0.0667. The Morgan fingerprint density at radius 3 is 2.55 bits per heavy atom. The van der Waals surface area contributed by atoms with Gasteiger partial charge in [0.15, 0.2) is 3.95 Å². The second-order valence-corrected chi connectivity index (χ2v) is 6.33. The van der Waals surface area contributed by atoms with Gasteiger partial charge in [-0.15, -0.1) is 5.10 Å². The van der Waals surface area contributed by atoms with Gasteiger partial charge < -0.3 is 5.32 Å². The third-order valence-electron chi connectivity index (χ3n) is 2.91. The van der Waals surface area contributed by atoms with Crippen molar-refractivity contribution in [3.8, 4) is 5.69 Å². The van der Waals surface area contributed by atoms with Gasteiger partial charge in [-0.2, -0.15) is 0 Å². The third-order valence-corrected chi connectivity index (χ3v) is 4.06. The van der Waals surface area contributed by atoms with Gasteiger partial charge in [-0.25, -0.2) is 13.5 Å². The van der Waals surface area contributed by atoms with Gasteiger partial charge in [0, 0.05) is 11.8 Å². The van der Waals surface area contributed by atoms with E-state index in [-0.39, 0.29) is 5.69 Å². The summed E-state index contributed by atoms with van der Waals surface area (Å²) in [5.41, 5.74) is 2.23. The zero-order valence-corrected chi connectivity index (χ0v) is 13.1. The molecular formula is C15H11F2N3S2. The molecule has 0 aliphatic heterocycles. The van der Waals surface area contributed by atoms with Crippen LogP contribution < -0.4 is 5.32 Å². The Bertz CT molecular complexity index is 866. The highest BCUT2D eigenvalue weighted by molar-refractivity contribution is 7.73. The van der Waals surface area contributed by atoms with Gasteiger partial charge in [-0.3, -0.25) is 0 Å². The zero-order chi connectivity index (χ0) is 15.7. The van der Waals surface area contributed by atoms with Crippen molar-refractivity contribution >= 4 is 34.4 Å². The maximum Gasteiger partial charge on any atom is 0.209 e. The number of hydrogen-bond acceptors (Lipinski definition) is 4. The SMILES string of the molecule is Cc1cccc(-n2nc(Nc3cc(F)cc(F)c3)sc2=S)c1. The molecule has 3 aromatic rings. The summed E-state index contributed by atoms with van der Waals surface area (Å²) in [6.07, 6.45) is 0. The van der Waals surface area contributed by atoms with Crippen molar-refractivity contribution < 1.29 is 8.78 Å². The van der Waals surface area contributed by atoms with E-state index in [4.69, 9.17) is 12.2 Å². The van der Waals surface area contributed by atoms with Crippen molar-refractivity contribution in [2.75, 3.05) is 5.32 Å². The Kier molecular flexibility index (Phi) is 4.00. The quantitative estimate of drug-likeness (QED) is 0.684. The van der Waals surface area contributed by atoms with Crippen LogP contribution in [0.4, 0.5) is 19.6 Å². The van der Waals surface area contributed by atoms with Crippen molar-refractivity contribution in [3.05, 3.63) is 63.6 Å². The van der Waals surface area contributed by atoms with Crippen LogP contribution in [0, 0.1) is 22.5 Å². The fourth-order valence-corrected chi connectivity index (χ4v) is 3.07. The molecule has 0 atom stereocenters. The van der Waals surface area contributed by atoms with Crippen LogP contribution in [0.2, 0.25) is 0 Å². The molecule has 0 bridgehead atoms. The van der Waals surface area contributed by atoms with Crippen LogP contribution >= 0.6 is 23.6 Å². The molecule has 7 heteroatoms. The van der Waals surface area contributed by atoms with Crippen LogP contribution in [0.5, 0.6) is 0 Å². The highest BCUT2D eigenvalue weighted by Gasteiger charge is 2.08. The average molecular weight is 335 g/mol. The number of anilines is 2. The number of aromatic nitrogens is 2. The number of hydrogen-bond donors (Lipinski definition) is 1. The summed E-state index contributed by atoms with van der Waals surface area (Å²) in [4.78, 5) is 0. The normalized spacial score (nSPS) is 10.7. The minimum Gasteiger partial charge on any atom is -0.330 e. The smallest absolute Gasteiger partial charge is 0.209 e. The second-order valence-electron chi connectivity index (χ2n) is 4.71. The average Bonchev–Trinajstić information content (AvgIpc) is 2.78. The highest BCUT2D eigenvalue weighted by atomic mass is 32.1. The zero-order valence-electron chi connectivity index (χ0n) is 11.5. The first kappa shape index (κ1) is 14.8. The maximum absolute atomic E-state index is 13.2. The van der Waals surface area contributed by atoms with Crippen LogP contribution in [-0.2, 0) is 0 Å². The Hall–Kier alpha value is -2.12. The third kappa shape index (κ3) is 3.20. The molecule has 1 heterocycles. The molecule has 0 aliphatic carbocycles. The Balaban J connectivity index is 1.94. The first-order chi connectivity index (χ1) is 10.5. The first-order valence-electron chi connectivity index (χ1n) is 6.41. The lowest BCUT2D eigenvalue weighted by atomic mass is 10.2. The standard InChI is InChI=1S/C15H11F2N3S2/c1-9-3-2-4-13(5-9)20-15(21)22-14(19-20)18-12-7-10(16)6-11(17)8-12/h2-8H,1H3,(H,18,19). The summed E-state index contributed by atoms with van der Waals surface area (Å²) in [6.45, 7) is 1.98. The monoisotopic (exact) mass is 335 g/mol. The topological polar surface area (TPSA) is 29.9 Å². The Labute approximate surface area is 134 Å². The fourth-order valence-electron chi connectivity index (χ4n) is 2.00. The first-order valence-corrected chi connectivity index (χ1v) is 7.64. The van der Waals surface area contributed by atoms with E-state index in [0.717, 1.165) is 17.3 Å². The maximum atomic E-state index is 13.2. The van der Waals surface area contributed by atoms with Gasteiger partial charge in [-0.1, -0.05) is 23.5 Å². The molecule has 0 saturated heterocycles. The van der Waals surface area contributed by atoms with E-state index < -0.39 is 11.6 Å². The molecule has 1 aromatic heterocycles. The van der Waals surface area contributed by atoms with Gasteiger partial charge in [0.1, 0.15) is 11.6 Å². The predicted molar refractivity (Wildman–Crippen MR) is 86.7 cm³/mol. The molecule has 3 rings (SSSR count). The number of nitrogens with one attached hydrogen (secondary N) is 1. The van der Waals surface area contributed by atoms with Crippen LogP contribution in [0.15, 0.2) is 42.5 Å². The molecule has 0 aliphatic rings. The van der Waals surface area contributed by atoms with Gasteiger partial charge in [0.25, 0.3) is 0 Å². The number of nitrogens with zero attached hydrogens (tertiary/aromatic N) is 2.